The van der Waals surface area contributed by atoms with Crippen LogP contribution in [0.25, 0.3) is 10.2 Å². The normalized spacial score (nSPS) is 11.0. The third kappa shape index (κ3) is 3.63. The molecule has 0 atom stereocenters. The topological polar surface area (TPSA) is 24.9 Å². The Labute approximate surface area is 137 Å². The van der Waals surface area contributed by atoms with E-state index in [1.165, 1.54) is 23.1 Å². The third-order valence-electron chi connectivity index (χ3n) is 3.37. The minimum Gasteiger partial charge on any atom is -0.332 e. The monoisotopic (exact) mass is 360 g/mol. The standard InChI is InChI=1S/C17H17BrN2S/c1-2-3-4-12-5-8-14(9-6-12)19-17-20-15-11-13(18)7-10-16(15)21-17/h5-11H,2-4H2,1H3,(H,19,20). The molecule has 0 saturated carbocycles. The van der Waals surface area contributed by atoms with Crippen molar-refractivity contribution < 1.29 is 0 Å². The van der Waals surface area contributed by atoms with Crippen molar-refractivity contribution in [1.82, 2.24) is 4.98 Å². The molecule has 0 aliphatic heterocycles. The zero-order valence-corrected chi connectivity index (χ0v) is 14.3. The SMILES string of the molecule is CCCCc1ccc(Nc2nc3cc(Br)ccc3s2)cc1. The molecule has 1 N–H and O–H groups in total. The van der Waals surface area contributed by atoms with Gasteiger partial charge in [0.25, 0.3) is 0 Å². The van der Waals surface area contributed by atoms with E-state index in [0.29, 0.717) is 0 Å². The van der Waals surface area contributed by atoms with Crippen LogP contribution in [0.5, 0.6) is 0 Å². The second kappa shape index (κ2) is 6.58. The molecule has 4 heteroatoms. The molecule has 0 aliphatic rings. The Morgan fingerprint density at radius 3 is 2.71 bits per heavy atom. The van der Waals surface area contributed by atoms with Crippen molar-refractivity contribution in [3.63, 3.8) is 0 Å². The number of nitrogens with one attached hydrogen (secondary N) is 1. The molecule has 0 unspecified atom stereocenters. The first-order valence-electron chi connectivity index (χ1n) is 7.16. The molecule has 0 aliphatic carbocycles. The summed E-state index contributed by atoms with van der Waals surface area (Å²) in [5.74, 6) is 0. The lowest BCUT2D eigenvalue weighted by molar-refractivity contribution is 0.795. The van der Waals surface area contributed by atoms with Gasteiger partial charge in [0, 0.05) is 10.2 Å². The maximum atomic E-state index is 4.62. The van der Waals surface area contributed by atoms with Gasteiger partial charge < -0.3 is 5.32 Å². The zero-order chi connectivity index (χ0) is 14.7. The molecule has 0 fully saturated rings. The summed E-state index contributed by atoms with van der Waals surface area (Å²) in [5, 5.41) is 4.32. The van der Waals surface area contributed by atoms with Crippen LogP contribution < -0.4 is 5.32 Å². The fourth-order valence-corrected chi connectivity index (χ4v) is 3.43. The summed E-state index contributed by atoms with van der Waals surface area (Å²) in [6, 6.07) is 14.8. The molecule has 2 nitrogen and oxygen atoms in total. The van der Waals surface area contributed by atoms with Gasteiger partial charge in [0.05, 0.1) is 10.2 Å². The van der Waals surface area contributed by atoms with Gasteiger partial charge in [-0.2, -0.15) is 0 Å². The zero-order valence-electron chi connectivity index (χ0n) is 11.9. The Morgan fingerprint density at radius 1 is 1.14 bits per heavy atom. The molecular formula is C17H17BrN2S. The predicted molar refractivity (Wildman–Crippen MR) is 95.7 cm³/mol. The van der Waals surface area contributed by atoms with E-state index in [4.69, 9.17) is 0 Å². The van der Waals surface area contributed by atoms with E-state index >= 15 is 0 Å². The number of benzene rings is 2. The van der Waals surface area contributed by atoms with Gasteiger partial charge in [0.2, 0.25) is 0 Å². The largest absolute Gasteiger partial charge is 0.332 e. The quantitative estimate of drug-likeness (QED) is 0.590. The summed E-state index contributed by atoms with van der Waals surface area (Å²) in [6.07, 6.45) is 3.65. The summed E-state index contributed by atoms with van der Waals surface area (Å²) in [5.41, 5.74) is 3.51. The Bertz CT molecular complexity index is 734. The van der Waals surface area contributed by atoms with E-state index in [0.717, 1.165) is 27.2 Å². The number of anilines is 2. The Morgan fingerprint density at radius 2 is 1.95 bits per heavy atom. The van der Waals surface area contributed by atoms with Gasteiger partial charge in [-0.25, -0.2) is 4.98 Å². The smallest absolute Gasteiger partial charge is 0.188 e. The fraction of sp³-hybridized carbons (Fsp3) is 0.235. The van der Waals surface area contributed by atoms with Crippen LogP contribution in [0.1, 0.15) is 25.3 Å². The molecule has 3 aromatic rings. The van der Waals surface area contributed by atoms with E-state index in [9.17, 15) is 0 Å². The van der Waals surface area contributed by atoms with Crippen LogP contribution >= 0.6 is 27.3 Å². The molecule has 1 heterocycles. The van der Waals surface area contributed by atoms with Crippen LogP contribution in [0.15, 0.2) is 46.9 Å². The molecule has 0 amide bonds. The molecule has 3 rings (SSSR count). The number of hydrogen-bond acceptors (Lipinski definition) is 3. The highest BCUT2D eigenvalue weighted by atomic mass is 79.9. The molecule has 21 heavy (non-hydrogen) atoms. The van der Waals surface area contributed by atoms with E-state index in [1.54, 1.807) is 11.3 Å². The summed E-state index contributed by atoms with van der Waals surface area (Å²) in [4.78, 5) is 4.62. The van der Waals surface area contributed by atoms with Gasteiger partial charge in [0.15, 0.2) is 5.13 Å². The first kappa shape index (κ1) is 14.5. The number of hydrogen-bond donors (Lipinski definition) is 1. The van der Waals surface area contributed by atoms with Crippen molar-refractivity contribution in [2.24, 2.45) is 0 Å². The summed E-state index contributed by atoms with van der Waals surface area (Å²) < 4.78 is 2.26. The predicted octanol–water partition coefficient (Wildman–Crippen LogP) is 6.15. The Balaban J connectivity index is 1.75. The first-order valence-corrected chi connectivity index (χ1v) is 8.77. The van der Waals surface area contributed by atoms with Crippen LogP contribution in [0.2, 0.25) is 0 Å². The van der Waals surface area contributed by atoms with E-state index in [2.05, 4.69) is 63.5 Å². The number of thiazole rings is 1. The van der Waals surface area contributed by atoms with Crippen molar-refractivity contribution in [1.29, 1.82) is 0 Å². The number of fused-ring (bicyclic) bond motifs is 1. The lowest BCUT2D eigenvalue weighted by atomic mass is 10.1. The van der Waals surface area contributed by atoms with Crippen molar-refractivity contribution in [3.8, 4) is 0 Å². The highest BCUT2D eigenvalue weighted by Gasteiger charge is 2.04. The molecule has 0 saturated heterocycles. The average molecular weight is 361 g/mol. The Hall–Kier alpha value is -1.39. The van der Waals surface area contributed by atoms with Gasteiger partial charge in [0.1, 0.15) is 0 Å². The summed E-state index contributed by atoms with van der Waals surface area (Å²) in [6.45, 7) is 2.22. The average Bonchev–Trinajstić information content (AvgIpc) is 2.88. The first-order chi connectivity index (χ1) is 10.2. The fourth-order valence-electron chi connectivity index (χ4n) is 2.21. The molecular weight excluding hydrogens is 344 g/mol. The molecule has 1 aromatic heterocycles. The van der Waals surface area contributed by atoms with Crippen LogP contribution in [-0.2, 0) is 6.42 Å². The van der Waals surface area contributed by atoms with Crippen LogP contribution in [-0.4, -0.2) is 4.98 Å². The van der Waals surface area contributed by atoms with Gasteiger partial charge in [-0.15, -0.1) is 0 Å². The van der Waals surface area contributed by atoms with Gasteiger partial charge in [-0.05, 0) is 48.7 Å². The number of aryl methyl sites for hydroxylation is 1. The lowest BCUT2D eigenvalue weighted by Crippen LogP contribution is -1.90. The third-order valence-corrected chi connectivity index (χ3v) is 4.82. The second-order valence-corrected chi connectivity index (χ2v) is 7.00. The van der Waals surface area contributed by atoms with Crippen molar-refractivity contribution >= 4 is 48.3 Å². The van der Waals surface area contributed by atoms with E-state index < -0.39 is 0 Å². The van der Waals surface area contributed by atoms with E-state index in [-0.39, 0.29) is 0 Å². The molecule has 108 valence electrons. The van der Waals surface area contributed by atoms with Crippen molar-refractivity contribution in [2.45, 2.75) is 26.2 Å². The van der Waals surface area contributed by atoms with Crippen molar-refractivity contribution in [2.75, 3.05) is 5.32 Å². The highest BCUT2D eigenvalue weighted by Crippen LogP contribution is 2.30. The molecule has 0 bridgehead atoms. The molecule has 2 aromatic carbocycles. The van der Waals surface area contributed by atoms with Crippen LogP contribution in [0.3, 0.4) is 0 Å². The van der Waals surface area contributed by atoms with Crippen LogP contribution in [0, 0.1) is 0 Å². The molecule has 0 radical (unpaired) electrons. The minimum absolute atomic E-state index is 0.935. The van der Waals surface area contributed by atoms with Gasteiger partial charge >= 0.3 is 0 Å². The van der Waals surface area contributed by atoms with Crippen molar-refractivity contribution in [3.05, 3.63) is 52.5 Å². The lowest BCUT2D eigenvalue weighted by Gasteiger charge is -2.04. The number of nitrogens with zero attached hydrogens (tertiary/aromatic N) is 1. The van der Waals surface area contributed by atoms with Crippen LogP contribution in [0.4, 0.5) is 10.8 Å². The minimum atomic E-state index is 0.935. The second-order valence-electron chi connectivity index (χ2n) is 5.06. The highest BCUT2D eigenvalue weighted by molar-refractivity contribution is 9.10. The number of unbranched alkanes of at least 4 members (excludes halogenated alkanes) is 1. The number of rotatable bonds is 5. The Kier molecular flexibility index (Phi) is 4.56. The maximum absolute atomic E-state index is 4.62. The summed E-state index contributed by atoms with van der Waals surface area (Å²) in [7, 11) is 0. The molecule has 0 spiro atoms. The van der Waals surface area contributed by atoms with Gasteiger partial charge in [-0.1, -0.05) is 52.7 Å². The summed E-state index contributed by atoms with van der Waals surface area (Å²) >= 11 is 5.16. The maximum Gasteiger partial charge on any atom is 0.188 e. The van der Waals surface area contributed by atoms with E-state index in [1.807, 2.05) is 12.1 Å². The number of aromatic nitrogens is 1. The van der Waals surface area contributed by atoms with Gasteiger partial charge in [-0.3, -0.25) is 0 Å². The number of halogens is 1.